The van der Waals surface area contributed by atoms with Gasteiger partial charge in [-0.05, 0) is 26.0 Å². The molecule has 4 rings (SSSR count). The number of carbonyl (C=O) groups excluding carboxylic acids is 2. The number of benzene rings is 1. The maximum atomic E-state index is 12.9. The van der Waals surface area contributed by atoms with Crippen LogP contribution in [0, 0.1) is 13.8 Å². The molecule has 29 heavy (non-hydrogen) atoms. The Morgan fingerprint density at radius 1 is 1.10 bits per heavy atom. The summed E-state index contributed by atoms with van der Waals surface area (Å²) in [5.74, 6) is -0.884. The number of rotatable bonds is 4. The van der Waals surface area contributed by atoms with Crippen LogP contribution in [0.2, 0.25) is 0 Å². The number of aromatic nitrogens is 3. The highest BCUT2D eigenvalue weighted by molar-refractivity contribution is 7.16. The predicted molar refractivity (Wildman–Crippen MR) is 112 cm³/mol. The second kappa shape index (κ2) is 7.48. The van der Waals surface area contributed by atoms with Gasteiger partial charge in [-0.25, -0.2) is 14.3 Å². The molecule has 0 saturated heterocycles. The quantitative estimate of drug-likeness (QED) is 0.516. The van der Waals surface area contributed by atoms with Crippen molar-refractivity contribution >= 4 is 33.9 Å². The van der Waals surface area contributed by atoms with Gasteiger partial charge >= 0.3 is 5.97 Å². The van der Waals surface area contributed by atoms with Crippen LogP contribution in [0.25, 0.3) is 16.9 Å². The van der Waals surface area contributed by atoms with E-state index in [2.05, 4.69) is 15.4 Å². The van der Waals surface area contributed by atoms with Crippen molar-refractivity contribution < 1.29 is 14.3 Å². The molecule has 0 atom stereocenters. The lowest BCUT2D eigenvalue weighted by Crippen LogP contribution is -2.14. The van der Waals surface area contributed by atoms with E-state index in [1.807, 2.05) is 44.2 Å². The van der Waals surface area contributed by atoms with Crippen LogP contribution in [0.1, 0.15) is 31.2 Å². The van der Waals surface area contributed by atoms with Gasteiger partial charge in [0.05, 0.1) is 24.6 Å². The predicted octanol–water partition coefficient (Wildman–Crippen LogP) is 4.11. The van der Waals surface area contributed by atoms with Crippen LogP contribution < -0.4 is 5.32 Å². The van der Waals surface area contributed by atoms with E-state index in [0.29, 0.717) is 21.8 Å². The number of ether oxygens (including phenoxy) is 1. The molecule has 1 N–H and O–H groups in total. The van der Waals surface area contributed by atoms with E-state index in [0.717, 1.165) is 21.7 Å². The van der Waals surface area contributed by atoms with Crippen molar-refractivity contribution in [3.8, 4) is 11.3 Å². The molecule has 0 aliphatic heterocycles. The second-order valence-electron chi connectivity index (χ2n) is 6.54. The molecule has 4 aromatic rings. The number of amides is 1. The summed E-state index contributed by atoms with van der Waals surface area (Å²) in [6.45, 7) is 3.88. The summed E-state index contributed by atoms with van der Waals surface area (Å²) in [5, 5.41) is 7.60. The van der Waals surface area contributed by atoms with E-state index in [4.69, 9.17) is 4.74 Å². The number of aryl methyl sites for hydroxylation is 2. The molecule has 0 radical (unpaired) electrons. The number of nitrogens with one attached hydrogen (secondary N) is 1. The van der Waals surface area contributed by atoms with Gasteiger partial charge in [0.2, 0.25) is 0 Å². The van der Waals surface area contributed by atoms with Gasteiger partial charge < -0.3 is 10.1 Å². The zero-order valence-corrected chi connectivity index (χ0v) is 16.9. The number of fused-ring (bicyclic) bond motifs is 1. The molecule has 0 bridgehead atoms. The first-order valence-corrected chi connectivity index (χ1v) is 9.69. The Morgan fingerprint density at radius 2 is 1.86 bits per heavy atom. The number of nitrogens with zero attached hydrogens (tertiary/aromatic N) is 3. The Labute approximate surface area is 171 Å². The first kappa shape index (κ1) is 18.8. The Morgan fingerprint density at radius 3 is 2.59 bits per heavy atom. The summed E-state index contributed by atoms with van der Waals surface area (Å²) in [6.07, 6.45) is 3.13. The highest BCUT2D eigenvalue weighted by atomic mass is 32.1. The zero-order valence-electron chi connectivity index (χ0n) is 16.1. The molecule has 3 heterocycles. The lowest BCUT2D eigenvalue weighted by atomic mass is 10.1. The Bertz CT molecular complexity index is 1220. The fraction of sp³-hybridized carbons (Fsp3) is 0.143. The summed E-state index contributed by atoms with van der Waals surface area (Å²) in [4.78, 5) is 30.1. The van der Waals surface area contributed by atoms with Crippen LogP contribution in [0.15, 0.2) is 48.8 Å². The molecule has 7 nitrogen and oxygen atoms in total. The molecule has 0 saturated carbocycles. The zero-order chi connectivity index (χ0) is 20.5. The lowest BCUT2D eigenvalue weighted by molar-refractivity contribution is 0.0602. The standard InChI is InChI=1S/C21H18N4O3S/c1-12-4-6-14(7-5-12)17-8-9-22-18-16(11-23-25(17)18)19(26)24-20-15(21(27)28-3)10-13(2)29-20/h4-11H,1-3H3,(H,24,26). The van der Waals surface area contributed by atoms with Gasteiger partial charge in [-0.15, -0.1) is 11.3 Å². The van der Waals surface area contributed by atoms with E-state index in [-0.39, 0.29) is 5.91 Å². The third-order valence-corrected chi connectivity index (χ3v) is 5.45. The van der Waals surface area contributed by atoms with Gasteiger partial charge in [0.1, 0.15) is 10.6 Å². The highest BCUT2D eigenvalue weighted by Crippen LogP contribution is 2.29. The van der Waals surface area contributed by atoms with Crippen molar-refractivity contribution in [3.63, 3.8) is 0 Å². The molecule has 1 aromatic carbocycles. The monoisotopic (exact) mass is 406 g/mol. The first-order chi connectivity index (χ1) is 14.0. The summed E-state index contributed by atoms with van der Waals surface area (Å²) >= 11 is 1.31. The van der Waals surface area contributed by atoms with Gasteiger partial charge in [0.15, 0.2) is 5.65 Å². The minimum Gasteiger partial charge on any atom is -0.465 e. The van der Waals surface area contributed by atoms with Crippen molar-refractivity contribution in [2.24, 2.45) is 0 Å². The van der Waals surface area contributed by atoms with Crippen LogP contribution in [0.3, 0.4) is 0 Å². The number of hydrogen-bond donors (Lipinski definition) is 1. The number of esters is 1. The Hall–Kier alpha value is -3.52. The first-order valence-electron chi connectivity index (χ1n) is 8.88. The third-order valence-electron chi connectivity index (χ3n) is 4.48. The van der Waals surface area contributed by atoms with Gasteiger partial charge in [0, 0.05) is 16.6 Å². The third kappa shape index (κ3) is 3.50. The summed E-state index contributed by atoms with van der Waals surface area (Å²) in [7, 11) is 1.31. The van der Waals surface area contributed by atoms with Crippen LogP contribution >= 0.6 is 11.3 Å². The van der Waals surface area contributed by atoms with Crippen LogP contribution in [-0.4, -0.2) is 33.6 Å². The maximum absolute atomic E-state index is 12.9. The number of thiophene rings is 1. The number of anilines is 1. The van der Waals surface area contributed by atoms with Gasteiger partial charge in [-0.3, -0.25) is 4.79 Å². The van der Waals surface area contributed by atoms with Gasteiger partial charge in [-0.2, -0.15) is 5.10 Å². The molecule has 8 heteroatoms. The molecule has 3 aromatic heterocycles. The number of hydrogen-bond acceptors (Lipinski definition) is 6. The summed E-state index contributed by atoms with van der Waals surface area (Å²) < 4.78 is 6.43. The molecule has 1 amide bonds. The van der Waals surface area contributed by atoms with Crippen molar-refractivity contribution in [1.29, 1.82) is 0 Å². The van der Waals surface area contributed by atoms with E-state index >= 15 is 0 Å². The number of methoxy groups -OCH3 is 1. The van der Waals surface area contributed by atoms with E-state index in [1.165, 1.54) is 24.6 Å². The van der Waals surface area contributed by atoms with Crippen LogP contribution in [0.4, 0.5) is 5.00 Å². The fourth-order valence-corrected chi connectivity index (χ4v) is 3.93. The molecule has 146 valence electrons. The number of carbonyl (C=O) groups is 2. The summed E-state index contributed by atoms with van der Waals surface area (Å²) in [5.41, 5.74) is 4.05. The van der Waals surface area contributed by atoms with E-state index in [1.54, 1.807) is 16.8 Å². The van der Waals surface area contributed by atoms with Crippen molar-refractivity contribution in [3.05, 3.63) is 70.4 Å². The van der Waals surface area contributed by atoms with Crippen molar-refractivity contribution in [2.75, 3.05) is 12.4 Å². The maximum Gasteiger partial charge on any atom is 0.340 e. The topological polar surface area (TPSA) is 85.6 Å². The minimum absolute atomic E-state index is 0.320. The average molecular weight is 406 g/mol. The van der Waals surface area contributed by atoms with E-state index < -0.39 is 5.97 Å². The van der Waals surface area contributed by atoms with Crippen molar-refractivity contribution in [1.82, 2.24) is 14.6 Å². The smallest absolute Gasteiger partial charge is 0.340 e. The molecule has 0 spiro atoms. The van der Waals surface area contributed by atoms with Gasteiger partial charge in [-0.1, -0.05) is 29.8 Å². The minimum atomic E-state index is -0.496. The molecule has 0 aliphatic carbocycles. The van der Waals surface area contributed by atoms with Crippen LogP contribution in [-0.2, 0) is 4.74 Å². The molecule has 0 fully saturated rings. The normalized spacial score (nSPS) is 10.9. The van der Waals surface area contributed by atoms with Gasteiger partial charge in [0.25, 0.3) is 5.91 Å². The molecular formula is C21H18N4O3S. The molecular weight excluding hydrogens is 388 g/mol. The Balaban J connectivity index is 1.71. The molecule has 0 unspecified atom stereocenters. The SMILES string of the molecule is COC(=O)c1cc(C)sc1NC(=O)c1cnn2c(-c3ccc(C)cc3)ccnc12. The summed E-state index contributed by atoms with van der Waals surface area (Å²) in [6, 6.07) is 11.6. The Kier molecular flexibility index (Phi) is 4.85. The highest BCUT2D eigenvalue weighted by Gasteiger charge is 2.21. The molecule has 0 aliphatic rings. The van der Waals surface area contributed by atoms with Crippen molar-refractivity contribution in [2.45, 2.75) is 13.8 Å². The fourth-order valence-electron chi connectivity index (χ4n) is 3.03. The van der Waals surface area contributed by atoms with E-state index in [9.17, 15) is 9.59 Å². The average Bonchev–Trinajstić information content (AvgIpc) is 3.31. The lowest BCUT2D eigenvalue weighted by Gasteiger charge is -2.06. The second-order valence-corrected chi connectivity index (χ2v) is 7.79. The van der Waals surface area contributed by atoms with Crippen LogP contribution in [0.5, 0.6) is 0 Å². The largest absolute Gasteiger partial charge is 0.465 e.